The number of hydrogen-bond acceptors (Lipinski definition) is 3. The van der Waals surface area contributed by atoms with Gasteiger partial charge >= 0.3 is 0 Å². The van der Waals surface area contributed by atoms with Crippen molar-refractivity contribution in [1.82, 2.24) is 10.3 Å². The van der Waals surface area contributed by atoms with E-state index in [9.17, 15) is 0 Å². The first kappa shape index (κ1) is 13.0. The van der Waals surface area contributed by atoms with Crippen LogP contribution in [0.4, 0.5) is 0 Å². The normalized spacial score (nSPS) is 17.3. The topological polar surface area (TPSA) is 24.9 Å². The Balaban J connectivity index is 1.79. The zero-order chi connectivity index (χ0) is 12.1. The molecular weight excluding hydrogens is 228 g/mol. The first-order chi connectivity index (χ1) is 8.28. The van der Waals surface area contributed by atoms with Gasteiger partial charge in [-0.1, -0.05) is 19.8 Å². The van der Waals surface area contributed by atoms with Crippen LogP contribution >= 0.6 is 11.3 Å². The van der Waals surface area contributed by atoms with Crippen LogP contribution in [0.15, 0.2) is 5.38 Å². The monoisotopic (exact) mass is 252 g/mol. The maximum absolute atomic E-state index is 4.58. The summed E-state index contributed by atoms with van der Waals surface area (Å²) >= 11 is 1.81. The Kier molecular flexibility index (Phi) is 4.99. The van der Waals surface area contributed by atoms with E-state index in [4.69, 9.17) is 0 Å². The summed E-state index contributed by atoms with van der Waals surface area (Å²) in [7, 11) is 0. The van der Waals surface area contributed by atoms with Gasteiger partial charge in [-0.05, 0) is 38.6 Å². The Labute approximate surface area is 109 Å². The number of aryl methyl sites for hydroxylation is 1. The standard InChI is InChI=1S/C14H24N2S/c1-3-8-15-13(7-6-12-4-5-12)9-14-16-11(2)10-17-14/h10,12-13,15H,3-9H2,1-2H3. The summed E-state index contributed by atoms with van der Waals surface area (Å²) in [5.41, 5.74) is 1.17. The van der Waals surface area contributed by atoms with Gasteiger partial charge in [-0.3, -0.25) is 0 Å². The van der Waals surface area contributed by atoms with Gasteiger partial charge in [0.15, 0.2) is 0 Å². The highest BCUT2D eigenvalue weighted by atomic mass is 32.1. The third-order valence-corrected chi connectivity index (χ3v) is 4.38. The summed E-state index contributed by atoms with van der Waals surface area (Å²) in [6.07, 6.45) is 8.00. The van der Waals surface area contributed by atoms with Crippen molar-refractivity contribution in [1.29, 1.82) is 0 Å². The van der Waals surface area contributed by atoms with E-state index in [1.165, 1.54) is 42.8 Å². The van der Waals surface area contributed by atoms with Crippen LogP contribution in [-0.2, 0) is 6.42 Å². The molecule has 0 amide bonds. The number of rotatable bonds is 8. The third-order valence-electron chi connectivity index (χ3n) is 3.39. The molecule has 3 heteroatoms. The SMILES string of the molecule is CCCNC(CCC1CC1)Cc1nc(C)cs1. The van der Waals surface area contributed by atoms with Crippen LogP contribution in [-0.4, -0.2) is 17.6 Å². The number of hydrogen-bond donors (Lipinski definition) is 1. The third kappa shape index (κ3) is 4.76. The largest absolute Gasteiger partial charge is 0.314 e. The summed E-state index contributed by atoms with van der Waals surface area (Å²) in [5.74, 6) is 1.04. The Morgan fingerprint density at radius 3 is 2.94 bits per heavy atom. The summed E-state index contributed by atoms with van der Waals surface area (Å²) in [6.45, 7) is 5.46. The van der Waals surface area contributed by atoms with Gasteiger partial charge in [-0.25, -0.2) is 4.98 Å². The molecule has 17 heavy (non-hydrogen) atoms. The molecule has 0 aromatic carbocycles. The highest BCUT2D eigenvalue weighted by molar-refractivity contribution is 7.09. The Bertz CT molecular complexity index is 331. The highest BCUT2D eigenvalue weighted by Gasteiger charge is 2.22. The zero-order valence-electron chi connectivity index (χ0n) is 11.0. The van der Waals surface area contributed by atoms with Gasteiger partial charge in [0.25, 0.3) is 0 Å². The van der Waals surface area contributed by atoms with Gasteiger partial charge in [0.2, 0.25) is 0 Å². The van der Waals surface area contributed by atoms with E-state index in [0.29, 0.717) is 6.04 Å². The second-order valence-corrected chi connectivity index (χ2v) is 6.20. The zero-order valence-corrected chi connectivity index (χ0v) is 11.9. The lowest BCUT2D eigenvalue weighted by Crippen LogP contribution is -2.31. The fraction of sp³-hybridized carbons (Fsp3) is 0.786. The lowest BCUT2D eigenvalue weighted by molar-refractivity contribution is 0.451. The Morgan fingerprint density at radius 2 is 2.35 bits per heavy atom. The van der Waals surface area contributed by atoms with Crippen molar-refractivity contribution in [2.24, 2.45) is 5.92 Å². The Hall–Kier alpha value is -0.410. The first-order valence-corrected chi connectivity index (χ1v) is 7.80. The molecule has 0 spiro atoms. The van der Waals surface area contributed by atoms with Gasteiger partial charge in [0.1, 0.15) is 0 Å². The van der Waals surface area contributed by atoms with Gasteiger partial charge in [-0.15, -0.1) is 11.3 Å². The summed E-state index contributed by atoms with van der Waals surface area (Å²) < 4.78 is 0. The average Bonchev–Trinajstić information content (AvgIpc) is 3.06. The highest BCUT2D eigenvalue weighted by Crippen LogP contribution is 2.34. The van der Waals surface area contributed by atoms with Gasteiger partial charge in [-0.2, -0.15) is 0 Å². The second-order valence-electron chi connectivity index (χ2n) is 5.26. The smallest absolute Gasteiger partial charge is 0.0943 e. The molecule has 2 nitrogen and oxygen atoms in total. The average molecular weight is 252 g/mol. The van der Waals surface area contributed by atoms with Gasteiger partial charge in [0, 0.05) is 23.5 Å². The van der Waals surface area contributed by atoms with Crippen LogP contribution < -0.4 is 5.32 Å². The molecule has 1 aliphatic rings. The van der Waals surface area contributed by atoms with Crippen molar-refractivity contribution in [3.63, 3.8) is 0 Å². The molecule has 1 fully saturated rings. The van der Waals surface area contributed by atoms with E-state index in [2.05, 4.69) is 29.5 Å². The second kappa shape index (κ2) is 6.50. The Morgan fingerprint density at radius 1 is 1.53 bits per heavy atom. The van der Waals surface area contributed by atoms with Crippen molar-refractivity contribution >= 4 is 11.3 Å². The molecule has 1 atom stereocenters. The van der Waals surface area contributed by atoms with E-state index in [1.54, 1.807) is 0 Å². The molecular formula is C14H24N2S. The van der Waals surface area contributed by atoms with Crippen LogP contribution in [0, 0.1) is 12.8 Å². The summed E-state index contributed by atoms with van der Waals surface area (Å²) in [4.78, 5) is 4.58. The molecule has 1 aromatic heterocycles. The fourth-order valence-electron chi connectivity index (χ4n) is 2.18. The van der Waals surface area contributed by atoms with Crippen molar-refractivity contribution in [2.45, 2.75) is 58.4 Å². The predicted molar refractivity (Wildman–Crippen MR) is 74.6 cm³/mol. The van der Waals surface area contributed by atoms with Crippen molar-refractivity contribution in [3.8, 4) is 0 Å². The van der Waals surface area contributed by atoms with Crippen LogP contribution in [0.1, 0.15) is 49.7 Å². The van der Waals surface area contributed by atoms with Crippen molar-refractivity contribution in [3.05, 3.63) is 16.1 Å². The van der Waals surface area contributed by atoms with Crippen LogP contribution in [0.3, 0.4) is 0 Å². The number of nitrogens with one attached hydrogen (secondary N) is 1. The molecule has 1 aromatic rings. The summed E-state index contributed by atoms with van der Waals surface area (Å²) in [6, 6.07) is 0.640. The van der Waals surface area contributed by atoms with E-state index in [0.717, 1.165) is 18.9 Å². The van der Waals surface area contributed by atoms with Gasteiger partial charge < -0.3 is 5.32 Å². The van der Waals surface area contributed by atoms with E-state index < -0.39 is 0 Å². The molecule has 1 N–H and O–H groups in total. The van der Waals surface area contributed by atoms with Crippen LogP contribution in [0.25, 0.3) is 0 Å². The van der Waals surface area contributed by atoms with E-state index in [-0.39, 0.29) is 0 Å². The molecule has 1 unspecified atom stereocenters. The molecule has 1 aliphatic carbocycles. The fourth-order valence-corrected chi connectivity index (χ4v) is 3.03. The maximum atomic E-state index is 4.58. The lowest BCUT2D eigenvalue weighted by atomic mass is 10.1. The molecule has 1 saturated carbocycles. The van der Waals surface area contributed by atoms with Crippen molar-refractivity contribution in [2.75, 3.05) is 6.54 Å². The lowest BCUT2D eigenvalue weighted by Gasteiger charge is -2.17. The number of aromatic nitrogens is 1. The predicted octanol–water partition coefficient (Wildman–Crippen LogP) is 3.55. The van der Waals surface area contributed by atoms with E-state index in [1.807, 2.05) is 11.3 Å². The van der Waals surface area contributed by atoms with Crippen LogP contribution in [0.2, 0.25) is 0 Å². The first-order valence-electron chi connectivity index (χ1n) is 6.92. The minimum absolute atomic E-state index is 0.640. The van der Waals surface area contributed by atoms with Crippen molar-refractivity contribution < 1.29 is 0 Å². The van der Waals surface area contributed by atoms with Crippen LogP contribution in [0.5, 0.6) is 0 Å². The minimum atomic E-state index is 0.640. The molecule has 2 rings (SSSR count). The quantitative estimate of drug-likeness (QED) is 0.765. The molecule has 0 saturated heterocycles. The minimum Gasteiger partial charge on any atom is -0.314 e. The molecule has 1 heterocycles. The molecule has 0 aliphatic heterocycles. The molecule has 96 valence electrons. The maximum Gasteiger partial charge on any atom is 0.0943 e. The molecule has 0 bridgehead atoms. The van der Waals surface area contributed by atoms with E-state index >= 15 is 0 Å². The number of nitrogens with zero attached hydrogens (tertiary/aromatic N) is 1. The molecule has 0 radical (unpaired) electrons. The summed E-state index contributed by atoms with van der Waals surface area (Å²) in [5, 5.41) is 7.13. The number of thiazole rings is 1. The van der Waals surface area contributed by atoms with Gasteiger partial charge in [0.05, 0.1) is 5.01 Å².